The van der Waals surface area contributed by atoms with E-state index in [4.69, 9.17) is 42.6 Å². The lowest BCUT2D eigenvalue weighted by Crippen LogP contribution is -2.70. The molecule has 2 aliphatic rings. The van der Waals surface area contributed by atoms with Gasteiger partial charge in [0.2, 0.25) is 0 Å². The van der Waals surface area contributed by atoms with Crippen molar-refractivity contribution in [2.75, 3.05) is 13.2 Å². The van der Waals surface area contributed by atoms with E-state index in [9.17, 15) is 48.9 Å². The molecule has 3 N–H and O–H groups in total. The fourth-order valence-corrected chi connectivity index (χ4v) is 4.90. The molecule has 0 amide bonds. The van der Waals surface area contributed by atoms with Gasteiger partial charge >= 0.3 is 41.8 Å². The highest BCUT2D eigenvalue weighted by atomic mass is 16.7. The molecule has 19 heteroatoms. The van der Waals surface area contributed by atoms with Crippen molar-refractivity contribution in [3.63, 3.8) is 0 Å². The Hall–Kier alpha value is -3.91. The summed E-state index contributed by atoms with van der Waals surface area (Å²) in [7, 11) is 0. The average molecular weight is 653 g/mol. The molecular weight excluding hydrogens is 616 g/mol. The smallest absolute Gasteiger partial charge is 0.307 e. The van der Waals surface area contributed by atoms with E-state index in [0.717, 1.165) is 41.5 Å². The molecule has 2 heterocycles. The third-order valence-electron chi connectivity index (χ3n) is 6.35. The quantitative estimate of drug-likeness (QED) is 0.150. The van der Waals surface area contributed by atoms with Crippen molar-refractivity contribution in [3.8, 4) is 0 Å². The highest BCUT2D eigenvalue weighted by Gasteiger charge is 2.62. The highest BCUT2D eigenvalue weighted by molar-refractivity contribution is 5.72. The van der Waals surface area contributed by atoms with E-state index in [2.05, 4.69) is 0 Å². The summed E-state index contributed by atoms with van der Waals surface area (Å²) in [5.41, 5.74) is -2.51. The van der Waals surface area contributed by atoms with Crippen LogP contribution in [0.15, 0.2) is 0 Å². The molecule has 0 aromatic rings. The molecule has 19 nitrogen and oxygen atoms in total. The molecule has 0 saturated carbocycles. The second-order valence-electron chi connectivity index (χ2n) is 10.1. The van der Waals surface area contributed by atoms with Crippen molar-refractivity contribution in [1.82, 2.24) is 0 Å². The van der Waals surface area contributed by atoms with Crippen LogP contribution in [-0.4, -0.2) is 131 Å². The Morgan fingerprint density at radius 2 is 1.20 bits per heavy atom. The first kappa shape index (κ1) is 37.3. The molecule has 0 aromatic carbocycles. The van der Waals surface area contributed by atoms with Crippen molar-refractivity contribution in [3.05, 3.63) is 0 Å². The Morgan fingerprint density at radius 3 is 1.69 bits per heavy atom. The molecule has 2 aliphatic heterocycles. The molecule has 1 unspecified atom stereocenters. The van der Waals surface area contributed by atoms with Crippen LogP contribution in [0.5, 0.6) is 0 Å². The molecule has 10 atom stereocenters. The molecular formula is C26H36O19. The lowest BCUT2D eigenvalue weighted by Gasteiger charge is -2.50. The van der Waals surface area contributed by atoms with E-state index in [-0.39, 0.29) is 0 Å². The zero-order chi connectivity index (χ0) is 34.2. The van der Waals surface area contributed by atoms with Gasteiger partial charge in [0.25, 0.3) is 0 Å². The summed E-state index contributed by atoms with van der Waals surface area (Å²) >= 11 is 0. The van der Waals surface area contributed by atoms with Crippen LogP contribution in [0, 0.1) is 0 Å². The molecule has 254 valence electrons. The number of carbonyl (C=O) groups is 7. The van der Waals surface area contributed by atoms with Crippen molar-refractivity contribution in [2.24, 2.45) is 0 Å². The van der Waals surface area contributed by atoms with Crippen LogP contribution < -0.4 is 0 Å². The normalized spacial score (nSPS) is 32.8. The predicted molar refractivity (Wildman–Crippen MR) is 137 cm³/mol. The topological polar surface area (TPSA) is 263 Å². The van der Waals surface area contributed by atoms with Crippen molar-refractivity contribution >= 4 is 41.8 Å². The molecule has 2 saturated heterocycles. The Morgan fingerprint density at radius 1 is 0.667 bits per heavy atom. The van der Waals surface area contributed by atoms with Crippen LogP contribution in [0.2, 0.25) is 0 Å². The van der Waals surface area contributed by atoms with E-state index in [0.29, 0.717) is 0 Å². The molecule has 0 aromatic heterocycles. The zero-order valence-corrected chi connectivity index (χ0v) is 25.2. The van der Waals surface area contributed by atoms with Crippen LogP contribution in [0.1, 0.15) is 48.0 Å². The Kier molecular flexibility index (Phi) is 13.2. The molecule has 2 fully saturated rings. The molecule has 0 bridgehead atoms. The van der Waals surface area contributed by atoms with Crippen molar-refractivity contribution < 1.29 is 91.5 Å². The summed E-state index contributed by atoms with van der Waals surface area (Å²) in [6.45, 7) is 4.40. The minimum absolute atomic E-state index is 0.590. The zero-order valence-electron chi connectivity index (χ0n) is 25.2. The molecule has 0 aliphatic carbocycles. The van der Waals surface area contributed by atoms with Gasteiger partial charge in [-0.15, -0.1) is 0 Å². The standard InChI is InChI=1S/C26H36O19/c1-10(27)37-8-16-20(39-11(2)28)21(40-12(3)29)22(41-13(4)30)25(43-16)38-9-17-26(7-18(33)34,45-15(6)32)23(42-14(5)31)19(35)24(36)44-17/h16-17,19-25,35-36H,7-9H2,1-6H3,(H,33,34)/t16-,17+,19+,20-,21+,22-,23+,24+,25-,26?/m1/s1. The Bertz CT molecular complexity index is 1120. The summed E-state index contributed by atoms with van der Waals surface area (Å²) < 4.78 is 48.2. The number of ether oxygens (including phenoxy) is 9. The Labute approximate surface area is 255 Å². The number of aliphatic hydroxyl groups is 2. The average Bonchev–Trinajstić information content (AvgIpc) is 2.88. The van der Waals surface area contributed by atoms with Gasteiger partial charge in [-0.3, -0.25) is 33.6 Å². The summed E-state index contributed by atoms with van der Waals surface area (Å²) in [5, 5.41) is 30.7. The fourth-order valence-electron chi connectivity index (χ4n) is 4.90. The molecule has 2 rings (SSSR count). The monoisotopic (exact) mass is 652 g/mol. The number of rotatable bonds is 12. The van der Waals surface area contributed by atoms with E-state index >= 15 is 0 Å². The van der Waals surface area contributed by atoms with Crippen LogP contribution in [0.3, 0.4) is 0 Å². The SMILES string of the molecule is CC(=O)OC[C@H]1O[C@@H](OC[C@@H]2O[C@H](O)[C@@H](O)[C@H](OC(C)=O)C2(CC(=O)O)OC(C)=O)[C@H](OC(C)=O)[C@@H](OC(C)=O)[C@@H]1OC(C)=O. The number of carboxylic acids is 1. The van der Waals surface area contributed by atoms with Gasteiger partial charge in [-0.05, 0) is 0 Å². The summed E-state index contributed by atoms with van der Waals surface area (Å²) in [4.78, 5) is 83.6. The summed E-state index contributed by atoms with van der Waals surface area (Å²) in [6.07, 6.45) is -17.2. The number of hydrogen-bond acceptors (Lipinski definition) is 18. The Balaban J connectivity index is 2.60. The third-order valence-corrected chi connectivity index (χ3v) is 6.35. The van der Waals surface area contributed by atoms with Crippen LogP contribution >= 0.6 is 0 Å². The van der Waals surface area contributed by atoms with Gasteiger partial charge in [-0.25, -0.2) is 0 Å². The highest BCUT2D eigenvalue weighted by Crippen LogP contribution is 2.39. The van der Waals surface area contributed by atoms with Crippen molar-refractivity contribution in [1.29, 1.82) is 0 Å². The van der Waals surface area contributed by atoms with Gasteiger partial charge in [-0.1, -0.05) is 0 Å². The lowest BCUT2D eigenvalue weighted by molar-refractivity contribution is -0.346. The minimum Gasteiger partial charge on any atom is -0.481 e. The summed E-state index contributed by atoms with van der Waals surface area (Å²) in [6, 6.07) is 0. The predicted octanol–water partition coefficient (Wildman–Crippen LogP) is -2.13. The fraction of sp³-hybridized carbons (Fsp3) is 0.731. The van der Waals surface area contributed by atoms with Crippen molar-refractivity contribution in [2.45, 2.75) is 109 Å². The molecule has 0 spiro atoms. The van der Waals surface area contributed by atoms with Gasteiger partial charge in [0, 0.05) is 41.5 Å². The van der Waals surface area contributed by atoms with Crippen LogP contribution in [-0.2, 0) is 76.2 Å². The van der Waals surface area contributed by atoms with E-state index in [1.165, 1.54) is 0 Å². The van der Waals surface area contributed by atoms with Gasteiger partial charge in [-0.2, -0.15) is 0 Å². The third kappa shape index (κ3) is 10.0. The van der Waals surface area contributed by atoms with E-state index < -0.39 is 122 Å². The first-order valence-electron chi connectivity index (χ1n) is 13.4. The second-order valence-corrected chi connectivity index (χ2v) is 10.1. The van der Waals surface area contributed by atoms with E-state index in [1.54, 1.807) is 0 Å². The number of hydrogen-bond donors (Lipinski definition) is 3. The number of aliphatic hydroxyl groups excluding tert-OH is 2. The largest absolute Gasteiger partial charge is 0.481 e. The summed E-state index contributed by atoms with van der Waals surface area (Å²) in [5.74, 6) is -7.28. The minimum atomic E-state index is -2.51. The van der Waals surface area contributed by atoms with Crippen LogP contribution in [0.25, 0.3) is 0 Å². The maximum absolute atomic E-state index is 12.2. The number of aliphatic carboxylic acids is 1. The second kappa shape index (κ2) is 15.9. The first-order valence-corrected chi connectivity index (χ1v) is 13.4. The number of carboxylic acid groups (broad SMARTS) is 1. The maximum atomic E-state index is 12.2. The van der Waals surface area contributed by atoms with Gasteiger partial charge in [0.15, 0.2) is 42.6 Å². The first-order chi connectivity index (χ1) is 20.9. The molecule has 0 radical (unpaired) electrons. The lowest BCUT2D eigenvalue weighted by atomic mass is 9.81. The van der Waals surface area contributed by atoms with Crippen LogP contribution in [0.4, 0.5) is 0 Å². The van der Waals surface area contributed by atoms with Gasteiger partial charge in [0.1, 0.15) is 24.9 Å². The van der Waals surface area contributed by atoms with E-state index in [1.807, 2.05) is 0 Å². The maximum Gasteiger partial charge on any atom is 0.307 e. The number of carbonyl (C=O) groups excluding carboxylic acids is 6. The van der Waals surface area contributed by atoms with Gasteiger partial charge < -0.3 is 58.0 Å². The molecule has 45 heavy (non-hydrogen) atoms. The van der Waals surface area contributed by atoms with Gasteiger partial charge in [0.05, 0.1) is 13.0 Å². The number of esters is 6.